The molecule has 134 valence electrons. The molecule has 3 aromatic carbocycles. The Balaban J connectivity index is 1.95. The molecule has 0 amide bonds. The molecule has 0 aliphatic heterocycles. The third-order valence-corrected chi connectivity index (χ3v) is 6.88. The average molecular weight is 467 g/mol. The molecule has 0 unspecified atom stereocenters. The van der Waals surface area contributed by atoms with Crippen molar-refractivity contribution >= 4 is 45.8 Å². The van der Waals surface area contributed by atoms with Gasteiger partial charge >= 0.3 is 171 Å². The van der Waals surface area contributed by atoms with Gasteiger partial charge in [0.2, 0.25) is 0 Å². The van der Waals surface area contributed by atoms with Crippen LogP contribution in [0.1, 0.15) is 16.7 Å². The summed E-state index contributed by atoms with van der Waals surface area (Å²) in [5, 5.41) is 0. The summed E-state index contributed by atoms with van der Waals surface area (Å²) in [5.41, 5.74) is 4.10. The summed E-state index contributed by atoms with van der Waals surface area (Å²) in [6.07, 6.45) is 3.51. The van der Waals surface area contributed by atoms with Gasteiger partial charge in [-0.15, -0.1) is 0 Å². The van der Waals surface area contributed by atoms with E-state index in [9.17, 15) is 4.79 Å². The van der Waals surface area contributed by atoms with Crippen LogP contribution in [0, 0.1) is 13.8 Å². The first-order chi connectivity index (χ1) is 13.1. The Kier molecular flexibility index (Phi) is 6.76. The molecule has 3 rings (SSSR count). The van der Waals surface area contributed by atoms with Crippen molar-refractivity contribution in [2.45, 2.75) is 13.8 Å². The number of rotatable bonds is 6. The molecule has 3 heteroatoms. The van der Waals surface area contributed by atoms with E-state index in [1.165, 1.54) is 3.61 Å². The van der Waals surface area contributed by atoms with Gasteiger partial charge in [-0.1, -0.05) is 0 Å². The number of aliphatic imine (C=N–C) groups is 1. The summed E-state index contributed by atoms with van der Waals surface area (Å²) in [6.45, 7) is 4.08. The SMILES string of the molecule is Cc1cccc(C)c1N=C([Te]c1ccccc1)C(=O)/C=C/c1ccccc1. The fraction of sp³-hybridized carbons (Fsp3) is 0.0833. The number of allylic oxidation sites excluding steroid dienone is 1. The van der Waals surface area contributed by atoms with Gasteiger partial charge in [0.05, 0.1) is 0 Å². The van der Waals surface area contributed by atoms with Gasteiger partial charge in [-0.2, -0.15) is 0 Å². The molecule has 27 heavy (non-hydrogen) atoms. The maximum atomic E-state index is 13.0. The van der Waals surface area contributed by atoms with Crippen molar-refractivity contribution in [3.05, 3.63) is 102 Å². The van der Waals surface area contributed by atoms with E-state index in [1.54, 1.807) is 6.08 Å². The second kappa shape index (κ2) is 9.46. The number of ketones is 1. The van der Waals surface area contributed by atoms with E-state index in [1.807, 2.05) is 86.7 Å². The first-order valence-corrected chi connectivity index (χ1v) is 11.1. The van der Waals surface area contributed by atoms with Crippen LogP contribution in [0.3, 0.4) is 0 Å². The Morgan fingerprint density at radius 3 is 2.04 bits per heavy atom. The topological polar surface area (TPSA) is 29.4 Å². The van der Waals surface area contributed by atoms with Crippen molar-refractivity contribution in [2.75, 3.05) is 0 Å². The molecule has 0 saturated carbocycles. The van der Waals surface area contributed by atoms with Gasteiger partial charge in [0.1, 0.15) is 0 Å². The molecule has 0 atom stereocenters. The van der Waals surface area contributed by atoms with Crippen LogP contribution in [0.25, 0.3) is 6.08 Å². The molecule has 0 aliphatic rings. The van der Waals surface area contributed by atoms with E-state index >= 15 is 0 Å². The second-order valence-corrected chi connectivity index (χ2v) is 9.21. The molecular formula is C24H21NOTe. The Morgan fingerprint density at radius 1 is 0.815 bits per heavy atom. The fourth-order valence-corrected chi connectivity index (χ4v) is 4.97. The van der Waals surface area contributed by atoms with E-state index in [0.29, 0.717) is 3.76 Å². The molecule has 0 saturated heterocycles. The first-order valence-electron chi connectivity index (χ1n) is 8.79. The summed E-state index contributed by atoms with van der Waals surface area (Å²) in [7, 11) is 0. The minimum absolute atomic E-state index is 0.00670. The summed E-state index contributed by atoms with van der Waals surface area (Å²) in [6, 6.07) is 26.2. The Hall–Kier alpha value is -2.47. The predicted octanol–water partition coefficient (Wildman–Crippen LogP) is 4.65. The number of benzene rings is 3. The number of nitrogens with zero attached hydrogens (tertiary/aromatic N) is 1. The first kappa shape index (κ1) is 19.3. The molecule has 0 aromatic heterocycles. The molecule has 0 fully saturated rings. The van der Waals surface area contributed by atoms with Crippen LogP contribution in [0.4, 0.5) is 5.69 Å². The molecule has 2 nitrogen and oxygen atoms in total. The molecule has 0 spiro atoms. The molecular weight excluding hydrogens is 446 g/mol. The molecule has 0 heterocycles. The van der Waals surface area contributed by atoms with Crippen LogP contribution < -0.4 is 3.61 Å². The van der Waals surface area contributed by atoms with Gasteiger partial charge in [0.25, 0.3) is 0 Å². The van der Waals surface area contributed by atoms with Crippen LogP contribution in [0.2, 0.25) is 0 Å². The predicted molar refractivity (Wildman–Crippen MR) is 115 cm³/mol. The number of para-hydroxylation sites is 1. The minimum atomic E-state index is -0.877. The number of hydrogen-bond acceptors (Lipinski definition) is 2. The normalized spacial score (nSPS) is 11.7. The van der Waals surface area contributed by atoms with Crippen LogP contribution in [0.5, 0.6) is 0 Å². The van der Waals surface area contributed by atoms with Gasteiger partial charge in [-0.3, -0.25) is 0 Å². The zero-order chi connectivity index (χ0) is 19.1. The summed E-state index contributed by atoms with van der Waals surface area (Å²) < 4.78 is 1.88. The van der Waals surface area contributed by atoms with E-state index in [4.69, 9.17) is 4.99 Å². The summed E-state index contributed by atoms with van der Waals surface area (Å²) >= 11 is -0.877. The van der Waals surface area contributed by atoms with E-state index in [0.717, 1.165) is 22.4 Å². The quantitative estimate of drug-likeness (QED) is 0.295. The number of hydrogen-bond donors (Lipinski definition) is 0. The average Bonchev–Trinajstić information content (AvgIpc) is 2.70. The Labute approximate surface area is 170 Å². The standard InChI is InChI=1S/C24H21NOTe/c1-18-10-9-11-19(2)23(18)25-24(27-21-14-7-4-8-15-21)22(26)17-16-20-12-5-3-6-13-20/h3-17H,1-2H3/b17-16+,25-24?. The van der Waals surface area contributed by atoms with Crippen molar-refractivity contribution in [3.8, 4) is 0 Å². The van der Waals surface area contributed by atoms with Gasteiger partial charge in [0.15, 0.2) is 0 Å². The maximum absolute atomic E-state index is 13.0. The third-order valence-electron chi connectivity index (χ3n) is 4.05. The van der Waals surface area contributed by atoms with Crippen LogP contribution >= 0.6 is 0 Å². The second-order valence-electron chi connectivity index (χ2n) is 6.18. The molecule has 0 bridgehead atoms. The molecule has 0 radical (unpaired) electrons. The van der Waals surface area contributed by atoms with E-state index in [2.05, 4.69) is 12.1 Å². The fourth-order valence-electron chi connectivity index (χ4n) is 2.62. The van der Waals surface area contributed by atoms with E-state index in [-0.39, 0.29) is 5.78 Å². The van der Waals surface area contributed by atoms with Crippen molar-refractivity contribution in [1.82, 2.24) is 0 Å². The van der Waals surface area contributed by atoms with Crippen molar-refractivity contribution in [1.29, 1.82) is 0 Å². The van der Waals surface area contributed by atoms with Crippen molar-refractivity contribution in [3.63, 3.8) is 0 Å². The van der Waals surface area contributed by atoms with Crippen molar-refractivity contribution < 1.29 is 4.79 Å². The van der Waals surface area contributed by atoms with Gasteiger partial charge < -0.3 is 0 Å². The molecule has 0 aliphatic carbocycles. The zero-order valence-corrected chi connectivity index (χ0v) is 17.8. The number of carbonyl (C=O) groups is 1. The van der Waals surface area contributed by atoms with Crippen LogP contribution in [0.15, 0.2) is 89.9 Å². The number of carbonyl (C=O) groups excluding carboxylic acids is 1. The third kappa shape index (κ3) is 5.50. The summed E-state index contributed by atoms with van der Waals surface area (Å²) in [5.74, 6) is -0.00670. The van der Waals surface area contributed by atoms with E-state index < -0.39 is 20.9 Å². The Morgan fingerprint density at radius 2 is 1.41 bits per heavy atom. The van der Waals surface area contributed by atoms with Gasteiger partial charge in [-0.05, 0) is 0 Å². The monoisotopic (exact) mass is 469 g/mol. The molecule has 0 N–H and O–H groups in total. The summed E-state index contributed by atoms with van der Waals surface area (Å²) in [4.78, 5) is 17.8. The van der Waals surface area contributed by atoms with Crippen LogP contribution in [-0.4, -0.2) is 30.5 Å². The van der Waals surface area contributed by atoms with Gasteiger partial charge in [0, 0.05) is 0 Å². The molecule has 3 aromatic rings. The number of aryl methyl sites for hydroxylation is 2. The Bertz CT molecular complexity index is 956. The van der Waals surface area contributed by atoms with Gasteiger partial charge in [-0.25, -0.2) is 0 Å². The zero-order valence-electron chi connectivity index (χ0n) is 15.4. The van der Waals surface area contributed by atoms with Crippen LogP contribution in [-0.2, 0) is 4.79 Å². The van der Waals surface area contributed by atoms with Crippen molar-refractivity contribution in [2.24, 2.45) is 4.99 Å².